The zero-order valence-corrected chi connectivity index (χ0v) is 12.5. The van der Waals surface area contributed by atoms with Crippen molar-refractivity contribution >= 4 is 34.6 Å². The topological polar surface area (TPSA) is 115 Å². The number of hydrogen-bond acceptors (Lipinski definition) is 5. The van der Waals surface area contributed by atoms with Gasteiger partial charge in [0.25, 0.3) is 17.3 Å². The van der Waals surface area contributed by atoms with E-state index in [0.29, 0.717) is 5.56 Å². The monoisotopic (exact) mass is 335 g/mol. The van der Waals surface area contributed by atoms with Crippen LogP contribution in [0.1, 0.15) is 15.9 Å². The minimum absolute atomic E-state index is 0.00265. The number of carbonyl (C=O) groups excluding carboxylic acids is 1. The third kappa shape index (κ3) is 3.61. The first kappa shape index (κ1) is 16.4. The van der Waals surface area contributed by atoms with Crippen LogP contribution in [0.4, 0.5) is 17.1 Å². The second kappa shape index (κ2) is 6.41. The molecule has 2 rings (SSSR count). The Hall–Kier alpha value is -3.00. The first-order chi connectivity index (χ1) is 10.8. The van der Waals surface area contributed by atoms with Gasteiger partial charge in [-0.15, -0.1) is 0 Å². The standard InChI is InChI=1S/C14H10ClN3O5/c1-8-2-5-12(13(6-8)18(22)23)16-14(19)10-7-9(17(20)21)3-4-11(10)15/h2-7H,1H3,(H,16,19). The second-order valence-corrected chi connectivity index (χ2v) is 5.06. The lowest BCUT2D eigenvalue weighted by Gasteiger charge is -2.08. The van der Waals surface area contributed by atoms with Crippen molar-refractivity contribution in [1.82, 2.24) is 0 Å². The van der Waals surface area contributed by atoms with Crippen LogP contribution in [0.25, 0.3) is 0 Å². The molecular formula is C14H10ClN3O5. The maximum Gasteiger partial charge on any atom is 0.293 e. The number of benzene rings is 2. The third-order valence-corrected chi connectivity index (χ3v) is 3.33. The molecule has 0 spiro atoms. The van der Waals surface area contributed by atoms with E-state index < -0.39 is 15.8 Å². The number of amides is 1. The lowest BCUT2D eigenvalue weighted by molar-refractivity contribution is -0.384. The van der Waals surface area contributed by atoms with Gasteiger partial charge in [-0.05, 0) is 24.6 Å². The summed E-state index contributed by atoms with van der Waals surface area (Å²) in [6, 6.07) is 7.68. The van der Waals surface area contributed by atoms with Crippen LogP contribution in [0.5, 0.6) is 0 Å². The molecule has 1 amide bonds. The van der Waals surface area contributed by atoms with Crippen molar-refractivity contribution in [2.75, 3.05) is 5.32 Å². The summed E-state index contributed by atoms with van der Waals surface area (Å²) < 4.78 is 0. The third-order valence-electron chi connectivity index (χ3n) is 3.00. The highest BCUT2D eigenvalue weighted by molar-refractivity contribution is 6.34. The molecule has 0 saturated heterocycles. The van der Waals surface area contributed by atoms with E-state index in [1.807, 2.05) is 0 Å². The van der Waals surface area contributed by atoms with Gasteiger partial charge in [0.2, 0.25) is 0 Å². The summed E-state index contributed by atoms with van der Waals surface area (Å²) in [5, 5.41) is 24.2. The normalized spacial score (nSPS) is 10.2. The van der Waals surface area contributed by atoms with Crippen molar-refractivity contribution in [3.05, 3.63) is 72.8 Å². The summed E-state index contributed by atoms with van der Waals surface area (Å²) in [6.07, 6.45) is 0. The van der Waals surface area contributed by atoms with E-state index >= 15 is 0 Å². The van der Waals surface area contributed by atoms with Gasteiger partial charge in [-0.25, -0.2) is 0 Å². The molecule has 0 aliphatic heterocycles. The number of non-ortho nitro benzene ring substituents is 1. The maximum absolute atomic E-state index is 12.2. The summed E-state index contributed by atoms with van der Waals surface area (Å²) in [7, 11) is 0. The number of halogens is 1. The van der Waals surface area contributed by atoms with Gasteiger partial charge < -0.3 is 5.32 Å². The summed E-state index contributed by atoms with van der Waals surface area (Å²) in [6.45, 7) is 1.68. The fraction of sp³-hybridized carbons (Fsp3) is 0.0714. The summed E-state index contributed by atoms with van der Waals surface area (Å²) in [5.74, 6) is -0.773. The van der Waals surface area contributed by atoms with Gasteiger partial charge in [0.05, 0.1) is 20.4 Å². The highest BCUT2D eigenvalue weighted by atomic mass is 35.5. The van der Waals surface area contributed by atoms with Crippen LogP contribution in [-0.2, 0) is 0 Å². The molecule has 8 nitrogen and oxygen atoms in total. The van der Waals surface area contributed by atoms with Crippen molar-refractivity contribution in [3.63, 3.8) is 0 Å². The molecule has 23 heavy (non-hydrogen) atoms. The molecule has 2 aromatic rings. The van der Waals surface area contributed by atoms with Crippen LogP contribution in [0.2, 0.25) is 5.02 Å². The summed E-state index contributed by atoms with van der Waals surface area (Å²) in [5.41, 5.74) is -0.0927. The van der Waals surface area contributed by atoms with Crippen LogP contribution in [-0.4, -0.2) is 15.8 Å². The van der Waals surface area contributed by atoms with E-state index in [1.165, 1.54) is 18.2 Å². The van der Waals surface area contributed by atoms with Gasteiger partial charge in [-0.2, -0.15) is 0 Å². The van der Waals surface area contributed by atoms with Crippen molar-refractivity contribution in [1.29, 1.82) is 0 Å². The van der Waals surface area contributed by atoms with Crippen molar-refractivity contribution in [3.8, 4) is 0 Å². The van der Waals surface area contributed by atoms with Gasteiger partial charge in [0.15, 0.2) is 0 Å². The zero-order valence-electron chi connectivity index (χ0n) is 11.8. The van der Waals surface area contributed by atoms with E-state index in [0.717, 1.165) is 12.1 Å². The van der Waals surface area contributed by atoms with Gasteiger partial charge >= 0.3 is 0 Å². The average Bonchev–Trinajstić information content (AvgIpc) is 2.48. The molecule has 118 valence electrons. The van der Waals surface area contributed by atoms with Gasteiger partial charge in [-0.1, -0.05) is 17.7 Å². The molecule has 1 N–H and O–H groups in total. The number of carbonyl (C=O) groups is 1. The quantitative estimate of drug-likeness (QED) is 0.675. The summed E-state index contributed by atoms with van der Waals surface area (Å²) in [4.78, 5) is 32.7. The smallest absolute Gasteiger partial charge is 0.293 e. The lowest BCUT2D eigenvalue weighted by Crippen LogP contribution is -2.14. The Balaban J connectivity index is 2.39. The van der Waals surface area contributed by atoms with E-state index in [1.54, 1.807) is 13.0 Å². The number of nitrogens with zero attached hydrogens (tertiary/aromatic N) is 2. The number of anilines is 1. The molecule has 0 aliphatic carbocycles. The predicted octanol–water partition coefficient (Wildman–Crippen LogP) is 3.72. The van der Waals surface area contributed by atoms with Crippen molar-refractivity contribution in [2.24, 2.45) is 0 Å². The van der Waals surface area contributed by atoms with Crippen LogP contribution >= 0.6 is 11.6 Å². The van der Waals surface area contributed by atoms with E-state index in [4.69, 9.17) is 11.6 Å². The molecule has 0 unspecified atom stereocenters. The number of aryl methyl sites for hydroxylation is 1. The largest absolute Gasteiger partial charge is 0.316 e. The zero-order chi connectivity index (χ0) is 17.1. The molecule has 0 atom stereocenters. The lowest BCUT2D eigenvalue weighted by atomic mass is 10.1. The van der Waals surface area contributed by atoms with Gasteiger partial charge in [0.1, 0.15) is 5.69 Å². The first-order valence-corrected chi connectivity index (χ1v) is 6.67. The molecule has 0 aliphatic rings. The van der Waals surface area contributed by atoms with E-state index in [9.17, 15) is 25.0 Å². The van der Waals surface area contributed by atoms with E-state index in [-0.39, 0.29) is 27.6 Å². The molecule has 0 aromatic heterocycles. The van der Waals surface area contributed by atoms with Crippen LogP contribution in [0, 0.1) is 27.2 Å². The molecule has 0 bridgehead atoms. The average molecular weight is 336 g/mol. The Kier molecular flexibility index (Phi) is 4.56. The molecular weight excluding hydrogens is 326 g/mol. The fourth-order valence-electron chi connectivity index (χ4n) is 1.89. The fourth-order valence-corrected chi connectivity index (χ4v) is 2.09. The van der Waals surface area contributed by atoms with Gasteiger partial charge in [-0.3, -0.25) is 25.0 Å². The first-order valence-electron chi connectivity index (χ1n) is 6.30. The Morgan fingerprint density at radius 3 is 2.39 bits per heavy atom. The number of rotatable bonds is 4. The Morgan fingerprint density at radius 1 is 1.09 bits per heavy atom. The van der Waals surface area contributed by atoms with Crippen LogP contribution in [0.3, 0.4) is 0 Å². The number of nitro benzene ring substituents is 2. The summed E-state index contributed by atoms with van der Waals surface area (Å²) >= 11 is 5.87. The molecule has 0 heterocycles. The van der Waals surface area contributed by atoms with Crippen LogP contribution < -0.4 is 5.32 Å². The number of nitro groups is 2. The molecule has 0 radical (unpaired) electrons. The Bertz CT molecular complexity index is 822. The minimum Gasteiger partial charge on any atom is -0.316 e. The Morgan fingerprint density at radius 2 is 1.78 bits per heavy atom. The highest BCUT2D eigenvalue weighted by Gasteiger charge is 2.20. The molecule has 2 aromatic carbocycles. The number of nitrogens with one attached hydrogen (secondary N) is 1. The highest BCUT2D eigenvalue weighted by Crippen LogP contribution is 2.28. The molecule has 0 fully saturated rings. The Labute approximate surface area is 135 Å². The maximum atomic E-state index is 12.2. The SMILES string of the molecule is Cc1ccc(NC(=O)c2cc([N+](=O)[O-])ccc2Cl)c([N+](=O)[O-])c1. The van der Waals surface area contributed by atoms with Crippen molar-refractivity contribution < 1.29 is 14.6 Å². The van der Waals surface area contributed by atoms with Crippen LogP contribution in [0.15, 0.2) is 36.4 Å². The molecule has 9 heteroatoms. The van der Waals surface area contributed by atoms with E-state index in [2.05, 4.69) is 5.32 Å². The predicted molar refractivity (Wildman–Crippen MR) is 83.9 cm³/mol. The second-order valence-electron chi connectivity index (χ2n) is 4.65. The van der Waals surface area contributed by atoms with Gasteiger partial charge in [0, 0.05) is 18.2 Å². The number of hydrogen-bond donors (Lipinski definition) is 1. The minimum atomic E-state index is -0.773. The van der Waals surface area contributed by atoms with Crippen molar-refractivity contribution in [2.45, 2.75) is 6.92 Å². The molecule has 0 saturated carbocycles.